The Morgan fingerprint density at radius 3 is 2.50 bits per heavy atom. The maximum atomic E-state index is 11.0. The van der Waals surface area contributed by atoms with Crippen molar-refractivity contribution in [3.8, 4) is 0 Å². The molecule has 0 atom stereocenters. The van der Waals surface area contributed by atoms with E-state index in [1.54, 1.807) is 12.1 Å². The summed E-state index contributed by atoms with van der Waals surface area (Å²) in [6.07, 6.45) is 0. The Balaban J connectivity index is 2.20. The third-order valence-electron chi connectivity index (χ3n) is 3.83. The maximum absolute atomic E-state index is 11.0. The molecule has 0 aliphatic rings. The van der Waals surface area contributed by atoms with Crippen molar-refractivity contribution in [2.45, 2.75) is 27.3 Å². The molecule has 0 aliphatic carbocycles. The number of carbonyl (C=O) groups is 1. The Bertz CT molecular complexity index is 657. The fourth-order valence-corrected chi connectivity index (χ4v) is 2.25. The second-order valence-electron chi connectivity index (χ2n) is 5.14. The predicted molar refractivity (Wildman–Crippen MR) is 80.4 cm³/mol. The van der Waals surface area contributed by atoms with Gasteiger partial charge in [0.15, 0.2) is 0 Å². The van der Waals surface area contributed by atoms with Crippen molar-refractivity contribution in [1.29, 1.82) is 0 Å². The van der Waals surface area contributed by atoms with Crippen molar-refractivity contribution in [2.75, 3.05) is 5.32 Å². The molecule has 0 amide bonds. The zero-order chi connectivity index (χ0) is 14.9. The van der Waals surface area contributed by atoms with Crippen LogP contribution in [-0.4, -0.2) is 15.6 Å². The van der Waals surface area contributed by atoms with E-state index in [2.05, 4.69) is 29.8 Å². The van der Waals surface area contributed by atoms with Gasteiger partial charge in [0, 0.05) is 30.7 Å². The van der Waals surface area contributed by atoms with E-state index in [1.807, 2.05) is 20.0 Å². The lowest BCUT2D eigenvalue weighted by Gasteiger charge is -2.10. The average Bonchev–Trinajstić information content (AvgIpc) is 2.65. The molecule has 0 saturated carbocycles. The highest BCUT2D eigenvalue weighted by Crippen LogP contribution is 2.20. The number of aromatic carboxylic acids is 1. The SMILES string of the molecule is Cc1ccc(C(=O)O)cc1NCc1cc(C)n(C)c1C. The lowest BCUT2D eigenvalue weighted by atomic mass is 10.1. The van der Waals surface area contributed by atoms with Crippen molar-refractivity contribution >= 4 is 11.7 Å². The first kappa shape index (κ1) is 14.2. The molecule has 1 heterocycles. The van der Waals surface area contributed by atoms with Gasteiger partial charge in [0.2, 0.25) is 0 Å². The van der Waals surface area contributed by atoms with Crippen molar-refractivity contribution in [1.82, 2.24) is 4.57 Å². The van der Waals surface area contributed by atoms with E-state index < -0.39 is 5.97 Å². The molecular weight excluding hydrogens is 252 g/mol. The Hall–Kier alpha value is -2.23. The van der Waals surface area contributed by atoms with Crippen LogP contribution >= 0.6 is 0 Å². The summed E-state index contributed by atoms with van der Waals surface area (Å²) in [5.74, 6) is -0.903. The Morgan fingerprint density at radius 1 is 1.25 bits per heavy atom. The number of anilines is 1. The first-order chi connectivity index (χ1) is 9.40. The molecule has 106 valence electrons. The van der Waals surface area contributed by atoms with Gasteiger partial charge < -0.3 is 15.0 Å². The topological polar surface area (TPSA) is 54.3 Å². The lowest BCUT2D eigenvalue weighted by molar-refractivity contribution is 0.0697. The van der Waals surface area contributed by atoms with Crippen LogP contribution in [0.1, 0.15) is 32.9 Å². The van der Waals surface area contributed by atoms with Crippen molar-refractivity contribution in [2.24, 2.45) is 7.05 Å². The van der Waals surface area contributed by atoms with Crippen LogP contribution in [0, 0.1) is 20.8 Å². The number of aryl methyl sites for hydroxylation is 2. The first-order valence-corrected chi connectivity index (χ1v) is 6.59. The van der Waals surface area contributed by atoms with Gasteiger partial charge in [-0.25, -0.2) is 4.79 Å². The highest BCUT2D eigenvalue weighted by Gasteiger charge is 2.08. The molecule has 0 bridgehead atoms. The van der Waals surface area contributed by atoms with Gasteiger partial charge in [0.05, 0.1) is 5.56 Å². The minimum Gasteiger partial charge on any atom is -0.478 e. The van der Waals surface area contributed by atoms with Gasteiger partial charge in [0.25, 0.3) is 0 Å². The fraction of sp³-hybridized carbons (Fsp3) is 0.312. The van der Waals surface area contributed by atoms with Gasteiger partial charge in [-0.05, 0) is 50.1 Å². The second-order valence-corrected chi connectivity index (χ2v) is 5.14. The third-order valence-corrected chi connectivity index (χ3v) is 3.83. The van der Waals surface area contributed by atoms with Gasteiger partial charge in [-0.1, -0.05) is 6.07 Å². The monoisotopic (exact) mass is 272 g/mol. The van der Waals surface area contributed by atoms with Crippen LogP contribution in [0.3, 0.4) is 0 Å². The molecular formula is C16H20N2O2. The Labute approximate surface area is 119 Å². The largest absolute Gasteiger partial charge is 0.478 e. The molecule has 4 nitrogen and oxygen atoms in total. The Kier molecular flexibility index (Phi) is 3.84. The number of rotatable bonds is 4. The number of aromatic nitrogens is 1. The quantitative estimate of drug-likeness (QED) is 0.898. The molecule has 2 rings (SSSR count). The smallest absolute Gasteiger partial charge is 0.335 e. The summed E-state index contributed by atoms with van der Waals surface area (Å²) in [5.41, 5.74) is 5.88. The summed E-state index contributed by atoms with van der Waals surface area (Å²) in [7, 11) is 2.05. The van der Waals surface area contributed by atoms with Crippen LogP contribution in [0.15, 0.2) is 24.3 Å². The van der Waals surface area contributed by atoms with E-state index in [1.165, 1.54) is 17.0 Å². The minimum absolute atomic E-state index is 0.305. The van der Waals surface area contributed by atoms with Crippen molar-refractivity contribution in [3.05, 3.63) is 52.3 Å². The summed E-state index contributed by atoms with van der Waals surface area (Å²) < 4.78 is 2.15. The molecule has 0 aliphatic heterocycles. The van der Waals surface area contributed by atoms with Crippen molar-refractivity contribution < 1.29 is 9.90 Å². The van der Waals surface area contributed by atoms with Gasteiger partial charge in [-0.15, -0.1) is 0 Å². The molecule has 0 radical (unpaired) electrons. The number of carboxylic acid groups (broad SMARTS) is 1. The van der Waals surface area contributed by atoms with Gasteiger partial charge >= 0.3 is 5.97 Å². The third kappa shape index (κ3) is 2.69. The molecule has 0 unspecified atom stereocenters. The lowest BCUT2D eigenvalue weighted by Crippen LogP contribution is -2.04. The average molecular weight is 272 g/mol. The predicted octanol–water partition coefficient (Wildman–Crippen LogP) is 3.26. The molecule has 0 spiro atoms. The van der Waals surface area contributed by atoms with Crippen LogP contribution in [0.2, 0.25) is 0 Å². The van der Waals surface area contributed by atoms with E-state index in [0.29, 0.717) is 12.1 Å². The molecule has 1 aromatic heterocycles. The minimum atomic E-state index is -0.903. The van der Waals surface area contributed by atoms with E-state index in [0.717, 1.165) is 11.3 Å². The van der Waals surface area contributed by atoms with E-state index in [-0.39, 0.29) is 0 Å². The fourth-order valence-electron chi connectivity index (χ4n) is 2.25. The molecule has 2 N–H and O–H groups in total. The highest BCUT2D eigenvalue weighted by molar-refractivity contribution is 5.89. The number of nitrogens with one attached hydrogen (secondary N) is 1. The summed E-state index contributed by atoms with van der Waals surface area (Å²) >= 11 is 0. The number of hydrogen-bond donors (Lipinski definition) is 2. The van der Waals surface area contributed by atoms with Crippen LogP contribution < -0.4 is 5.32 Å². The summed E-state index contributed by atoms with van der Waals surface area (Å²) in [5, 5.41) is 12.4. The van der Waals surface area contributed by atoms with Gasteiger partial charge in [-0.3, -0.25) is 0 Å². The summed E-state index contributed by atoms with van der Waals surface area (Å²) in [6, 6.07) is 7.29. The first-order valence-electron chi connectivity index (χ1n) is 6.59. The second kappa shape index (κ2) is 5.41. The zero-order valence-electron chi connectivity index (χ0n) is 12.3. The van der Waals surface area contributed by atoms with Crippen LogP contribution in [0.4, 0.5) is 5.69 Å². The van der Waals surface area contributed by atoms with Crippen LogP contribution in [0.5, 0.6) is 0 Å². The maximum Gasteiger partial charge on any atom is 0.335 e. The molecule has 20 heavy (non-hydrogen) atoms. The number of carboxylic acids is 1. The molecule has 2 aromatic rings. The molecule has 0 fully saturated rings. The normalized spacial score (nSPS) is 10.6. The van der Waals surface area contributed by atoms with E-state index in [9.17, 15) is 4.79 Å². The standard InChI is InChI=1S/C16H20N2O2/c1-10-5-6-13(16(19)20)8-15(10)17-9-14-7-11(2)18(4)12(14)3/h5-8,17H,9H2,1-4H3,(H,19,20). The van der Waals surface area contributed by atoms with E-state index >= 15 is 0 Å². The molecule has 4 heteroatoms. The van der Waals surface area contributed by atoms with Crippen LogP contribution in [-0.2, 0) is 13.6 Å². The number of benzene rings is 1. The highest BCUT2D eigenvalue weighted by atomic mass is 16.4. The molecule has 0 saturated heterocycles. The van der Waals surface area contributed by atoms with Crippen molar-refractivity contribution in [3.63, 3.8) is 0 Å². The van der Waals surface area contributed by atoms with E-state index in [4.69, 9.17) is 5.11 Å². The zero-order valence-corrected chi connectivity index (χ0v) is 12.3. The van der Waals surface area contributed by atoms with Gasteiger partial charge in [-0.2, -0.15) is 0 Å². The van der Waals surface area contributed by atoms with Crippen LogP contribution in [0.25, 0.3) is 0 Å². The summed E-state index contributed by atoms with van der Waals surface area (Å²) in [4.78, 5) is 11.0. The Morgan fingerprint density at radius 2 is 1.95 bits per heavy atom. The number of nitrogens with zero attached hydrogens (tertiary/aromatic N) is 1. The summed E-state index contributed by atoms with van der Waals surface area (Å²) in [6.45, 7) is 6.83. The number of hydrogen-bond acceptors (Lipinski definition) is 2. The molecule has 1 aromatic carbocycles. The van der Waals surface area contributed by atoms with Gasteiger partial charge in [0.1, 0.15) is 0 Å².